The minimum absolute atomic E-state index is 0.193. The molecule has 0 aliphatic rings. The van der Waals surface area contributed by atoms with Crippen molar-refractivity contribution in [1.29, 1.82) is 5.26 Å². The molecular weight excluding hydrogens is 290 g/mol. The van der Waals surface area contributed by atoms with E-state index in [9.17, 15) is 9.90 Å². The number of ether oxygens (including phenoxy) is 1. The van der Waals surface area contributed by atoms with Gasteiger partial charge in [-0.2, -0.15) is 5.26 Å². The zero-order valence-electron chi connectivity index (χ0n) is 15.0. The molecule has 0 fully saturated rings. The van der Waals surface area contributed by atoms with Crippen LogP contribution in [0.2, 0.25) is 0 Å². The van der Waals surface area contributed by atoms with Gasteiger partial charge in [-0.15, -0.1) is 0 Å². The number of nitriles is 1. The van der Waals surface area contributed by atoms with Gasteiger partial charge in [0.1, 0.15) is 11.8 Å². The number of carbonyl (C=O) groups is 1. The molecule has 23 heavy (non-hydrogen) atoms. The summed E-state index contributed by atoms with van der Waals surface area (Å²) in [6, 6.07) is 5.71. The third kappa shape index (κ3) is 5.28. The highest BCUT2D eigenvalue weighted by atomic mass is 16.5. The van der Waals surface area contributed by atoms with Gasteiger partial charge >= 0.3 is 5.97 Å². The van der Waals surface area contributed by atoms with Crippen LogP contribution in [-0.2, 0) is 26.8 Å². The maximum atomic E-state index is 11.6. The molecule has 4 heteroatoms. The summed E-state index contributed by atoms with van der Waals surface area (Å²) in [6.45, 7) is 12.1. The summed E-state index contributed by atoms with van der Waals surface area (Å²) < 4.78 is 4.78. The van der Waals surface area contributed by atoms with Crippen LogP contribution in [0.1, 0.15) is 64.7 Å². The molecule has 1 aromatic carbocycles. The molecule has 1 rings (SSSR count). The molecule has 0 aliphatic carbocycles. The SMILES string of the molecule is CC(C)(C)c1cc(CCC(=O)OCC#N)cc(C(C)(C)C)c1O. The highest BCUT2D eigenvalue weighted by molar-refractivity contribution is 5.70. The Kier molecular flexibility index (Phi) is 5.82. The van der Waals surface area contributed by atoms with E-state index in [-0.39, 0.29) is 29.8 Å². The van der Waals surface area contributed by atoms with Gasteiger partial charge in [-0.1, -0.05) is 53.7 Å². The summed E-state index contributed by atoms with van der Waals surface area (Å²) in [6.07, 6.45) is 0.746. The van der Waals surface area contributed by atoms with Crippen LogP contribution in [0.25, 0.3) is 0 Å². The second-order valence-corrected chi connectivity index (χ2v) is 7.86. The van der Waals surface area contributed by atoms with Crippen LogP contribution in [0.15, 0.2) is 12.1 Å². The minimum Gasteiger partial charge on any atom is -0.507 e. The van der Waals surface area contributed by atoms with Crippen LogP contribution in [-0.4, -0.2) is 17.7 Å². The molecule has 0 amide bonds. The van der Waals surface area contributed by atoms with Crippen LogP contribution in [0, 0.1) is 11.3 Å². The van der Waals surface area contributed by atoms with Gasteiger partial charge in [-0.3, -0.25) is 4.79 Å². The fraction of sp³-hybridized carbons (Fsp3) is 0.579. The highest BCUT2D eigenvalue weighted by Crippen LogP contribution is 2.39. The Morgan fingerprint density at radius 3 is 2.00 bits per heavy atom. The molecule has 0 heterocycles. The Labute approximate surface area is 139 Å². The molecule has 0 saturated carbocycles. The number of benzene rings is 1. The number of hydrogen-bond acceptors (Lipinski definition) is 4. The summed E-state index contributed by atoms with van der Waals surface area (Å²) in [7, 11) is 0. The van der Waals surface area contributed by atoms with Gasteiger partial charge in [0.25, 0.3) is 0 Å². The van der Waals surface area contributed by atoms with E-state index in [1.54, 1.807) is 6.07 Å². The average molecular weight is 317 g/mol. The Hall–Kier alpha value is -2.02. The number of aryl methyl sites for hydroxylation is 1. The first kappa shape index (κ1) is 19.0. The summed E-state index contributed by atoms with van der Waals surface area (Å²) in [4.78, 5) is 11.6. The normalized spacial score (nSPS) is 11.9. The van der Waals surface area contributed by atoms with E-state index in [0.717, 1.165) is 16.7 Å². The van der Waals surface area contributed by atoms with Crippen LogP contribution in [0.3, 0.4) is 0 Å². The molecule has 126 valence electrons. The first-order valence-electron chi connectivity index (χ1n) is 7.86. The molecule has 0 aromatic heterocycles. The van der Waals surface area contributed by atoms with Crippen LogP contribution in [0.5, 0.6) is 5.75 Å². The van der Waals surface area contributed by atoms with Crippen LogP contribution < -0.4 is 0 Å². The van der Waals surface area contributed by atoms with Crippen molar-refractivity contribution in [3.8, 4) is 11.8 Å². The lowest BCUT2D eigenvalue weighted by Gasteiger charge is -2.28. The second kappa shape index (κ2) is 7.04. The van der Waals surface area contributed by atoms with Crippen molar-refractivity contribution in [2.24, 2.45) is 0 Å². The molecule has 1 aromatic rings. The number of phenolic OH excluding ortho intramolecular Hbond substituents is 1. The van der Waals surface area contributed by atoms with Gasteiger partial charge in [0.05, 0.1) is 0 Å². The first-order chi connectivity index (χ1) is 10.5. The molecular formula is C19H27NO3. The summed E-state index contributed by atoms with van der Waals surface area (Å²) in [5, 5.41) is 19.1. The summed E-state index contributed by atoms with van der Waals surface area (Å²) >= 11 is 0. The molecule has 0 aliphatic heterocycles. The first-order valence-corrected chi connectivity index (χ1v) is 7.86. The van der Waals surface area contributed by atoms with Gasteiger partial charge in [0, 0.05) is 6.42 Å². The van der Waals surface area contributed by atoms with Crippen molar-refractivity contribution in [2.45, 2.75) is 65.2 Å². The molecule has 0 atom stereocenters. The third-order valence-electron chi connectivity index (χ3n) is 3.70. The molecule has 0 bridgehead atoms. The van der Waals surface area contributed by atoms with Gasteiger partial charge in [0.2, 0.25) is 0 Å². The van der Waals surface area contributed by atoms with Gasteiger partial charge in [-0.05, 0) is 33.9 Å². The number of nitrogens with zero attached hydrogens (tertiary/aromatic N) is 1. The van der Waals surface area contributed by atoms with Crippen LogP contribution >= 0.6 is 0 Å². The average Bonchev–Trinajstić information content (AvgIpc) is 2.41. The minimum atomic E-state index is -0.380. The van der Waals surface area contributed by atoms with E-state index in [4.69, 9.17) is 10.00 Å². The zero-order valence-corrected chi connectivity index (χ0v) is 15.0. The molecule has 0 spiro atoms. The lowest BCUT2D eigenvalue weighted by molar-refractivity contribution is -0.142. The Bertz CT molecular complexity index is 578. The fourth-order valence-corrected chi connectivity index (χ4v) is 2.41. The van der Waals surface area contributed by atoms with Gasteiger partial charge in [0.15, 0.2) is 6.61 Å². The summed E-state index contributed by atoms with van der Waals surface area (Å²) in [5.74, 6) is -0.0463. The number of carbonyl (C=O) groups excluding carboxylic acids is 1. The largest absolute Gasteiger partial charge is 0.507 e. The van der Waals surface area contributed by atoms with Crippen molar-refractivity contribution < 1.29 is 14.6 Å². The van der Waals surface area contributed by atoms with E-state index >= 15 is 0 Å². The molecule has 0 saturated heterocycles. The summed E-state index contributed by atoms with van der Waals surface area (Å²) in [5.41, 5.74) is 2.37. The molecule has 0 radical (unpaired) electrons. The molecule has 1 N–H and O–H groups in total. The Morgan fingerprint density at radius 1 is 1.13 bits per heavy atom. The number of aromatic hydroxyl groups is 1. The van der Waals surface area contributed by atoms with Crippen molar-refractivity contribution in [1.82, 2.24) is 0 Å². The lowest BCUT2D eigenvalue weighted by Crippen LogP contribution is -2.18. The van der Waals surface area contributed by atoms with Crippen molar-refractivity contribution >= 4 is 5.97 Å². The Balaban J connectivity index is 3.14. The van der Waals surface area contributed by atoms with Crippen LogP contribution in [0.4, 0.5) is 0 Å². The van der Waals surface area contributed by atoms with Crippen molar-refractivity contribution in [3.05, 3.63) is 28.8 Å². The second-order valence-electron chi connectivity index (χ2n) is 7.86. The fourth-order valence-electron chi connectivity index (χ4n) is 2.41. The number of phenols is 1. The number of hydrogen-bond donors (Lipinski definition) is 1. The maximum Gasteiger partial charge on any atom is 0.307 e. The maximum absolute atomic E-state index is 11.6. The predicted molar refractivity (Wildman–Crippen MR) is 90.4 cm³/mol. The van der Waals surface area contributed by atoms with Crippen molar-refractivity contribution in [3.63, 3.8) is 0 Å². The quantitative estimate of drug-likeness (QED) is 0.853. The standard InChI is InChI=1S/C19H27NO3/c1-18(2,3)14-11-13(7-8-16(21)23-10-9-20)12-15(17(14)22)19(4,5)6/h11-12,22H,7-8,10H2,1-6H3. The van der Waals surface area contributed by atoms with Gasteiger partial charge < -0.3 is 9.84 Å². The number of esters is 1. The smallest absolute Gasteiger partial charge is 0.307 e. The monoisotopic (exact) mass is 317 g/mol. The molecule has 4 nitrogen and oxygen atoms in total. The van der Waals surface area contributed by atoms with Crippen molar-refractivity contribution in [2.75, 3.05) is 6.61 Å². The predicted octanol–water partition coefficient (Wildman–Crippen LogP) is 3.99. The van der Waals surface area contributed by atoms with E-state index in [1.807, 2.05) is 12.1 Å². The third-order valence-corrected chi connectivity index (χ3v) is 3.70. The number of rotatable bonds is 4. The zero-order chi connectivity index (χ0) is 17.8. The van der Waals surface area contributed by atoms with E-state index in [0.29, 0.717) is 12.2 Å². The molecule has 0 unspecified atom stereocenters. The van der Waals surface area contributed by atoms with E-state index < -0.39 is 0 Å². The van der Waals surface area contributed by atoms with Gasteiger partial charge in [-0.25, -0.2) is 0 Å². The van der Waals surface area contributed by atoms with E-state index in [1.165, 1.54) is 0 Å². The topological polar surface area (TPSA) is 70.3 Å². The van der Waals surface area contributed by atoms with E-state index in [2.05, 4.69) is 41.5 Å². The highest BCUT2D eigenvalue weighted by Gasteiger charge is 2.26. The lowest BCUT2D eigenvalue weighted by atomic mass is 9.78. The Morgan fingerprint density at radius 2 is 1.61 bits per heavy atom.